The minimum Gasteiger partial charge on any atom is -0.394 e. The molecule has 1 amide bonds. The van der Waals surface area contributed by atoms with Crippen LogP contribution in [0.3, 0.4) is 0 Å². The van der Waals surface area contributed by atoms with Gasteiger partial charge in [0.05, 0.1) is 18.8 Å². The summed E-state index contributed by atoms with van der Waals surface area (Å²) >= 11 is 0. The second-order valence-electron chi connectivity index (χ2n) is 5.48. The Labute approximate surface area is 119 Å². The summed E-state index contributed by atoms with van der Waals surface area (Å²) in [4.78, 5) is 25.3. The van der Waals surface area contributed by atoms with Crippen LogP contribution < -0.4 is 5.32 Å². The van der Waals surface area contributed by atoms with E-state index in [-0.39, 0.29) is 24.8 Å². The van der Waals surface area contributed by atoms with Crippen molar-refractivity contribution in [2.45, 2.75) is 26.3 Å². The molecule has 1 rings (SSSR count). The Morgan fingerprint density at radius 2 is 1.90 bits per heavy atom. The van der Waals surface area contributed by atoms with E-state index in [1.807, 2.05) is 13.8 Å². The Hall–Kier alpha value is -1.72. The third kappa shape index (κ3) is 4.15. The summed E-state index contributed by atoms with van der Waals surface area (Å²) in [5.41, 5.74) is 0.530. The molecule has 0 saturated heterocycles. The molecular weight excluding hydrogens is 256 g/mol. The Balaban J connectivity index is 2.75. The van der Waals surface area contributed by atoms with Crippen molar-refractivity contribution in [1.29, 1.82) is 0 Å². The molecule has 0 aliphatic rings. The smallest absolute Gasteiger partial charge is 0.238 e. The van der Waals surface area contributed by atoms with Crippen molar-refractivity contribution in [3.63, 3.8) is 0 Å². The van der Waals surface area contributed by atoms with Gasteiger partial charge in [-0.15, -0.1) is 0 Å². The van der Waals surface area contributed by atoms with E-state index < -0.39 is 5.54 Å². The zero-order valence-electron chi connectivity index (χ0n) is 12.4. The van der Waals surface area contributed by atoms with Crippen molar-refractivity contribution in [3.05, 3.63) is 29.8 Å². The first-order chi connectivity index (χ1) is 9.27. The lowest BCUT2D eigenvalue weighted by Crippen LogP contribution is -2.47. The number of para-hydroxylation sites is 1. The Bertz CT molecular complexity index is 498. The number of nitrogens with one attached hydrogen (secondary N) is 1. The fourth-order valence-corrected chi connectivity index (χ4v) is 1.64. The van der Waals surface area contributed by atoms with Gasteiger partial charge in [0.1, 0.15) is 0 Å². The SMILES string of the molecule is CC(=O)c1ccccc1NC(=O)CN(C)C(C)(C)CO. The van der Waals surface area contributed by atoms with Crippen LogP contribution in [0.5, 0.6) is 0 Å². The molecule has 0 unspecified atom stereocenters. The minimum absolute atomic E-state index is 0.0409. The number of likely N-dealkylation sites (N-methyl/N-ethyl adjacent to an activating group) is 1. The monoisotopic (exact) mass is 278 g/mol. The van der Waals surface area contributed by atoms with E-state index in [9.17, 15) is 14.7 Å². The highest BCUT2D eigenvalue weighted by Crippen LogP contribution is 2.16. The highest BCUT2D eigenvalue weighted by Gasteiger charge is 2.24. The van der Waals surface area contributed by atoms with Crippen molar-refractivity contribution >= 4 is 17.4 Å². The van der Waals surface area contributed by atoms with Crippen LogP contribution in [0, 0.1) is 0 Å². The van der Waals surface area contributed by atoms with Crippen LogP contribution in [0.4, 0.5) is 5.69 Å². The van der Waals surface area contributed by atoms with E-state index >= 15 is 0 Å². The van der Waals surface area contributed by atoms with Gasteiger partial charge in [0, 0.05) is 11.1 Å². The second-order valence-corrected chi connectivity index (χ2v) is 5.48. The van der Waals surface area contributed by atoms with Crippen LogP contribution in [0.25, 0.3) is 0 Å². The number of hydrogen-bond acceptors (Lipinski definition) is 4. The first kappa shape index (κ1) is 16.3. The molecule has 0 atom stereocenters. The maximum absolute atomic E-state index is 12.0. The number of carbonyl (C=O) groups excluding carboxylic acids is 2. The maximum Gasteiger partial charge on any atom is 0.238 e. The van der Waals surface area contributed by atoms with Crippen molar-refractivity contribution in [2.24, 2.45) is 0 Å². The third-order valence-corrected chi connectivity index (χ3v) is 3.38. The number of carbonyl (C=O) groups is 2. The molecule has 1 aromatic carbocycles. The lowest BCUT2D eigenvalue weighted by atomic mass is 10.1. The first-order valence-electron chi connectivity index (χ1n) is 6.50. The van der Waals surface area contributed by atoms with Gasteiger partial charge in [-0.25, -0.2) is 0 Å². The van der Waals surface area contributed by atoms with Gasteiger partial charge < -0.3 is 10.4 Å². The van der Waals surface area contributed by atoms with Crippen molar-refractivity contribution < 1.29 is 14.7 Å². The lowest BCUT2D eigenvalue weighted by molar-refractivity contribution is -0.118. The number of rotatable bonds is 6. The topological polar surface area (TPSA) is 69.6 Å². The van der Waals surface area contributed by atoms with Gasteiger partial charge >= 0.3 is 0 Å². The van der Waals surface area contributed by atoms with Crippen LogP contribution >= 0.6 is 0 Å². The highest BCUT2D eigenvalue weighted by molar-refractivity contribution is 6.04. The summed E-state index contributed by atoms with van der Waals surface area (Å²) in [5.74, 6) is -0.312. The predicted octanol–water partition coefficient (Wildman–Crippen LogP) is 1.53. The van der Waals surface area contributed by atoms with E-state index in [4.69, 9.17) is 0 Å². The lowest BCUT2D eigenvalue weighted by Gasteiger charge is -2.33. The number of aliphatic hydroxyl groups is 1. The van der Waals surface area contributed by atoms with Gasteiger partial charge in [-0.1, -0.05) is 12.1 Å². The van der Waals surface area contributed by atoms with Gasteiger partial charge in [-0.05, 0) is 40.0 Å². The molecule has 2 N–H and O–H groups in total. The summed E-state index contributed by atoms with van der Waals surface area (Å²) in [5, 5.41) is 12.0. The zero-order chi connectivity index (χ0) is 15.3. The Morgan fingerprint density at radius 3 is 2.45 bits per heavy atom. The molecule has 0 fully saturated rings. The summed E-state index contributed by atoms with van der Waals surface area (Å²) in [7, 11) is 1.77. The van der Waals surface area contributed by atoms with Crippen molar-refractivity contribution in [1.82, 2.24) is 4.90 Å². The number of Topliss-reactive ketones (excluding diaryl/α,β-unsaturated/α-hetero) is 1. The number of anilines is 1. The van der Waals surface area contributed by atoms with Gasteiger partial charge in [0.2, 0.25) is 5.91 Å². The quantitative estimate of drug-likeness (QED) is 0.774. The van der Waals surface area contributed by atoms with E-state index in [1.165, 1.54) is 6.92 Å². The van der Waals surface area contributed by atoms with Crippen molar-refractivity contribution in [3.8, 4) is 0 Å². The summed E-state index contributed by atoms with van der Waals surface area (Å²) in [6.45, 7) is 5.26. The summed E-state index contributed by atoms with van der Waals surface area (Å²) < 4.78 is 0. The average Bonchev–Trinajstić information content (AvgIpc) is 2.38. The van der Waals surface area contributed by atoms with E-state index in [1.54, 1.807) is 36.2 Å². The first-order valence-corrected chi connectivity index (χ1v) is 6.50. The van der Waals surface area contributed by atoms with Crippen LogP contribution in [0.1, 0.15) is 31.1 Å². The van der Waals surface area contributed by atoms with Crippen molar-refractivity contribution in [2.75, 3.05) is 25.5 Å². The summed E-state index contributed by atoms with van der Waals surface area (Å²) in [6, 6.07) is 6.90. The Kier molecular flexibility index (Phi) is 5.42. The standard InChI is InChI=1S/C15H22N2O3/c1-11(19)12-7-5-6-8-13(12)16-14(20)9-17(4)15(2,3)10-18/h5-8,18H,9-10H2,1-4H3,(H,16,20). The van der Waals surface area contributed by atoms with Crippen LogP contribution in [-0.4, -0.2) is 47.4 Å². The molecule has 5 heteroatoms. The number of hydrogen-bond donors (Lipinski definition) is 2. The molecule has 0 aliphatic heterocycles. The molecule has 0 aromatic heterocycles. The van der Waals surface area contributed by atoms with Gasteiger partial charge in [-0.3, -0.25) is 14.5 Å². The molecule has 110 valence electrons. The fraction of sp³-hybridized carbons (Fsp3) is 0.467. The van der Waals surface area contributed by atoms with Gasteiger partial charge in [-0.2, -0.15) is 0 Å². The maximum atomic E-state index is 12.0. The van der Waals surface area contributed by atoms with E-state index in [0.717, 1.165) is 0 Å². The molecule has 0 saturated carbocycles. The number of benzene rings is 1. The largest absolute Gasteiger partial charge is 0.394 e. The highest BCUT2D eigenvalue weighted by atomic mass is 16.3. The number of ketones is 1. The van der Waals surface area contributed by atoms with Crippen LogP contribution in [-0.2, 0) is 4.79 Å². The van der Waals surface area contributed by atoms with E-state index in [0.29, 0.717) is 11.3 Å². The number of aliphatic hydroxyl groups excluding tert-OH is 1. The fourth-order valence-electron chi connectivity index (χ4n) is 1.64. The molecule has 0 aliphatic carbocycles. The molecule has 0 heterocycles. The van der Waals surface area contributed by atoms with E-state index in [2.05, 4.69) is 5.32 Å². The van der Waals surface area contributed by atoms with Gasteiger partial charge in [0.25, 0.3) is 0 Å². The normalized spacial score (nSPS) is 11.5. The zero-order valence-corrected chi connectivity index (χ0v) is 12.4. The summed E-state index contributed by atoms with van der Waals surface area (Å²) in [6.07, 6.45) is 0. The molecular formula is C15H22N2O3. The Morgan fingerprint density at radius 1 is 1.30 bits per heavy atom. The molecule has 1 aromatic rings. The second kappa shape index (κ2) is 6.63. The number of nitrogens with zero attached hydrogens (tertiary/aromatic N) is 1. The molecule has 0 radical (unpaired) electrons. The predicted molar refractivity (Wildman–Crippen MR) is 78.9 cm³/mol. The van der Waals surface area contributed by atoms with Gasteiger partial charge in [0.15, 0.2) is 5.78 Å². The molecule has 0 spiro atoms. The third-order valence-electron chi connectivity index (χ3n) is 3.38. The van der Waals surface area contributed by atoms with Crippen LogP contribution in [0.15, 0.2) is 24.3 Å². The average molecular weight is 278 g/mol. The minimum atomic E-state index is -0.475. The van der Waals surface area contributed by atoms with Crippen LogP contribution in [0.2, 0.25) is 0 Å². The molecule has 20 heavy (non-hydrogen) atoms. The molecule has 5 nitrogen and oxygen atoms in total. The number of amides is 1. The molecule has 0 bridgehead atoms.